The van der Waals surface area contributed by atoms with Crippen LogP contribution in [0.15, 0.2) is 0 Å². The molecule has 80 valence electrons. The van der Waals surface area contributed by atoms with Crippen molar-refractivity contribution in [3.05, 3.63) is 0 Å². The Morgan fingerprint density at radius 2 is 1.86 bits per heavy atom. The van der Waals surface area contributed by atoms with Crippen LogP contribution in [0.25, 0.3) is 0 Å². The molecule has 0 saturated carbocycles. The Bertz CT molecular complexity index is 237. The highest BCUT2D eigenvalue weighted by Crippen LogP contribution is 2.28. The SMILES string of the molecule is CC(C)(F)C(=O)N1CC2CCC(C1)O2. The molecule has 0 aromatic heterocycles. The van der Waals surface area contributed by atoms with E-state index in [0.29, 0.717) is 13.1 Å². The quantitative estimate of drug-likeness (QED) is 0.636. The van der Waals surface area contributed by atoms with Crippen LogP contribution >= 0.6 is 0 Å². The summed E-state index contributed by atoms with van der Waals surface area (Å²) in [6.07, 6.45) is 2.28. The predicted molar refractivity (Wildman–Crippen MR) is 49.7 cm³/mol. The van der Waals surface area contributed by atoms with Gasteiger partial charge in [0.15, 0.2) is 5.67 Å². The van der Waals surface area contributed by atoms with Crippen LogP contribution in [0.3, 0.4) is 0 Å². The second-order valence-electron chi connectivity index (χ2n) is 4.64. The molecule has 2 rings (SSSR count). The van der Waals surface area contributed by atoms with E-state index in [1.54, 1.807) is 4.90 Å². The molecule has 0 radical (unpaired) electrons. The number of hydrogen-bond donors (Lipinski definition) is 0. The van der Waals surface area contributed by atoms with E-state index in [0.717, 1.165) is 12.8 Å². The number of hydrogen-bond acceptors (Lipinski definition) is 2. The average Bonchev–Trinajstić information content (AvgIpc) is 2.42. The van der Waals surface area contributed by atoms with Crippen LogP contribution in [0.5, 0.6) is 0 Å². The molecule has 0 aromatic carbocycles. The zero-order valence-electron chi connectivity index (χ0n) is 8.62. The fraction of sp³-hybridized carbons (Fsp3) is 0.900. The Labute approximate surface area is 83.2 Å². The molecule has 4 heteroatoms. The van der Waals surface area contributed by atoms with Gasteiger partial charge in [0.05, 0.1) is 12.2 Å². The normalized spacial score (nSPS) is 32.1. The van der Waals surface area contributed by atoms with E-state index < -0.39 is 11.6 Å². The van der Waals surface area contributed by atoms with Crippen LogP contribution in [0.4, 0.5) is 4.39 Å². The van der Waals surface area contributed by atoms with Crippen LogP contribution in [0, 0.1) is 0 Å². The maximum Gasteiger partial charge on any atom is 0.259 e. The van der Waals surface area contributed by atoms with E-state index in [9.17, 15) is 9.18 Å². The highest BCUT2D eigenvalue weighted by atomic mass is 19.1. The third kappa shape index (κ3) is 1.75. The van der Waals surface area contributed by atoms with Crippen LogP contribution in [0.1, 0.15) is 26.7 Å². The van der Waals surface area contributed by atoms with Gasteiger partial charge in [0.25, 0.3) is 5.91 Å². The zero-order chi connectivity index (χ0) is 10.3. The third-order valence-corrected chi connectivity index (χ3v) is 2.84. The highest BCUT2D eigenvalue weighted by Gasteiger charge is 2.40. The second kappa shape index (κ2) is 3.19. The van der Waals surface area contributed by atoms with Crippen molar-refractivity contribution in [1.82, 2.24) is 4.90 Å². The molecule has 2 aliphatic rings. The zero-order valence-corrected chi connectivity index (χ0v) is 8.62. The summed E-state index contributed by atoms with van der Waals surface area (Å²) in [5, 5.41) is 0. The Balaban J connectivity index is 2.03. The number of ether oxygens (including phenoxy) is 1. The molecular weight excluding hydrogens is 185 g/mol. The van der Waals surface area contributed by atoms with Crippen molar-refractivity contribution < 1.29 is 13.9 Å². The number of alkyl halides is 1. The number of amides is 1. The Kier molecular flexibility index (Phi) is 2.26. The van der Waals surface area contributed by atoms with Crippen molar-refractivity contribution in [2.75, 3.05) is 13.1 Å². The Morgan fingerprint density at radius 3 is 2.29 bits per heavy atom. The number of fused-ring (bicyclic) bond motifs is 2. The molecule has 1 amide bonds. The number of halogens is 1. The summed E-state index contributed by atoms with van der Waals surface area (Å²) >= 11 is 0. The molecule has 2 atom stereocenters. The van der Waals surface area contributed by atoms with Crippen molar-refractivity contribution in [3.8, 4) is 0 Å². The van der Waals surface area contributed by atoms with Gasteiger partial charge in [0, 0.05) is 13.1 Å². The lowest BCUT2D eigenvalue weighted by Crippen LogP contribution is -2.51. The van der Waals surface area contributed by atoms with Gasteiger partial charge in [-0.2, -0.15) is 0 Å². The van der Waals surface area contributed by atoms with Gasteiger partial charge in [-0.1, -0.05) is 0 Å². The fourth-order valence-electron chi connectivity index (χ4n) is 2.16. The fourth-order valence-corrected chi connectivity index (χ4v) is 2.16. The van der Waals surface area contributed by atoms with Crippen molar-refractivity contribution >= 4 is 5.91 Å². The Hall–Kier alpha value is -0.640. The van der Waals surface area contributed by atoms with Gasteiger partial charge in [0.1, 0.15) is 0 Å². The van der Waals surface area contributed by atoms with Gasteiger partial charge in [-0.15, -0.1) is 0 Å². The van der Waals surface area contributed by atoms with Crippen LogP contribution in [-0.4, -0.2) is 41.8 Å². The van der Waals surface area contributed by atoms with E-state index in [4.69, 9.17) is 4.74 Å². The summed E-state index contributed by atoms with van der Waals surface area (Å²) in [7, 11) is 0. The number of nitrogens with zero attached hydrogens (tertiary/aromatic N) is 1. The average molecular weight is 201 g/mol. The van der Waals surface area contributed by atoms with Crippen molar-refractivity contribution in [3.63, 3.8) is 0 Å². The first-order valence-electron chi connectivity index (χ1n) is 5.10. The monoisotopic (exact) mass is 201 g/mol. The number of likely N-dealkylation sites (tertiary alicyclic amines) is 1. The van der Waals surface area contributed by atoms with E-state index >= 15 is 0 Å². The number of morpholine rings is 1. The molecule has 2 heterocycles. The smallest absolute Gasteiger partial charge is 0.259 e. The number of carbonyl (C=O) groups is 1. The molecule has 2 fully saturated rings. The molecule has 14 heavy (non-hydrogen) atoms. The minimum atomic E-state index is -1.75. The lowest BCUT2D eigenvalue weighted by molar-refractivity contribution is -0.150. The van der Waals surface area contributed by atoms with E-state index in [2.05, 4.69) is 0 Å². The topological polar surface area (TPSA) is 29.5 Å². The first-order valence-corrected chi connectivity index (χ1v) is 5.10. The summed E-state index contributed by atoms with van der Waals surface area (Å²) < 4.78 is 19.0. The van der Waals surface area contributed by atoms with Crippen molar-refractivity contribution in [2.45, 2.75) is 44.6 Å². The number of rotatable bonds is 1. The molecule has 2 bridgehead atoms. The molecule has 0 aliphatic carbocycles. The Morgan fingerprint density at radius 1 is 1.36 bits per heavy atom. The minimum absolute atomic E-state index is 0.139. The van der Waals surface area contributed by atoms with E-state index in [-0.39, 0.29) is 12.2 Å². The molecule has 0 spiro atoms. The predicted octanol–water partition coefficient (Wildman–Crippen LogP) is 1.12. The lowest BCUT2D eigenvalue weighted by atomic mass is 10.1. The minimum Gasteiger partial charge on any atom is -0.371 e. The lowest BCUT2D eigenvalue weighted by Gasteiger charge is -2.34. The van der Waals surface area contributed by atoms with Gasteiger partial charge in [0.2, 0.25) is 0 Å². The third-order valence-electron chi connectivity index (χ3n) is 2.84. The molecule has 2 unspecified atom stereocenters. The van der Waals surface area contributed by atoms with Crippen molar-refractivity contribution in [1.29, 1.82) is 0 Å². The molecule has 2 aliphatic heterocycles. The van der Waals surface area contributed by atoms with Gasteiger partial charge in [-0.3, -0.25) is 4.79 Å². The molecule has 0 aromatic rings. The van der Waals surface area contributed by atoms with Gasteiger partial charge < -0.3 is 9.64 Å². The van der Waals surface area contributed by atoms with Gasteiger partial charge in [-0.05, 0) is 26.7 Å². The second-order valence-corrected chi connectivity index (χ2v) is 4.64. The molecular formula is C10H16FNO2. The standard InChI is InChI=1S/C10H16FNO2/c1-10(2,11)9(13)12-5-7-3-4-8(6-12)14-7/h7-8H,3-6H2,1-2H3. The van der Waals surface area contributed by atoms with E-state index in [1.807, 2.05) is 0 Å². The number of carbonyl (C=O) groups excluding carboxylic acids is 1. The molecule has 0 N–H and O–H groups in total. The van der Waals surface area contributed by atoms with Crippen LogP contribution in [0.2, 0.25) is 0 Å². The first kappa shape index (κ1) is 9.90. The first-order chi connectivity index (χ1) is 6.47. The van der Waals surface area contributed by atoms with Gasteiger partial charge in [-0.25, -0.2) is 4.39 Å². The summed E-state index contributed by atoms with van der Waals surface area (Å²) in [6.45, 7) is 3.74. The summed E-state index contributed by atoms with van der Waals surface area (Å²) in [4.78, 5) is 13.2. The van der Waals surface area contributed by atoms with Crippen LogP contribution in [-0.2, 0) is 9.53 Å². The summed E-state index contributed by atoms with van der Waals surface area (Å²) in [5.41, 5.74) is -1.75. The molecule has 3 nitrogen and oxygen atoms in total. The largest absolute Gasteiger partial charge is 0.371 e. The summed E-state index contributed by atoms with van der Waals surface area (Å²) in [5.74, 6) is -0.405. The molecule has 2 saturated heterocycles. The van der Waals surface area contributed by atoms with E-state index in [1.165, 1.54) is 13.8 Å². The maximum absolute atomic E-state index is 13.4. The van der Waals surface area contributed by atoms with Crippen LogP contribution < -0.4 is 0 Å². The van der Waals surface area contributed by atoms with Gasteiger partial charge >= 0.3 is 0 Å². The van der Waals surface area contributed by atoms with Crippen molar-refractivity contribution in [2.24, 2.45) is 0 Å². The summed E-state index contributed by atoms with van der Waals surface area (Å²) in [6, 6.07) is 0. The highest BCUT2D eigenvalue weighted by molar-refractivity contribution is 5.84. The maximum atomic E-state index is 13.4.